The zero-order chi connectivity index (χ0) is 22.2. The van der Waals surface area contributed by atoms with Crippen molar-refractivity contribution in [3.05, 3.63) is 78.4 Å². The van der Waals surface area contributed by atoms with Gasteiger partial charge in [0.15, 0.2) is 16.8 Å². The molecule has 0 saturated heterocycles. The Kier molecular flexibility index (Phi) is 7.55. The van der Waals surface area contributed by atoms with Crippen molar-refractivity contribution in [3.63, 3.8) is 0 Å². The smallest absolute Gasteiger partial charge is 0.234 e. The van der Waals surface area contributed by atoms with E-state index in [2.05, 4.69) is 22.1 Å². The maximum Gasteiger partial charge on any atom is 0.234 e. The monoisotopic (exact) mass is 440 g/mol. The molecule has 0 saturated carbocycles. The Hall–Kier alpha value is -3.46. The first-order valence-corrected chi connectivity index (χ1v) is 10.4. The van der Waals surface area contributed by atoms with E-state index >= 15 is 0 Å². The van der Waals surface area contributed by atoms with Crippen LogP contribution in [0.1, 0.15) is 23.1 Å². The number of anilines is 1. The lowest BCUT2D eigenvalue weighted by Crippen LogP contribution is -2.15. The highest BCUT2D eigenvalue weighted by atomic mass is 32.2. The third-order valence-corrected chi connectivity index (χ3v) is 5.14. The van der Waals surface area contributed by atoms with Crippen molar-refractivity contribution in [2.24, 2.45) is 0 Å². The second kappa shape index (κ2) is 10.5. The number of ketones is 1. The van der Waals surface area contributed by atoms with Crippen LogP contribution in [0, 0.1) is 5.82 Å². The van der Waals surface area contributed by atoms with E-state index in [0.717, 1.165) is 0 Å². The molecule has 1 amide bonds. The van der Waals surface area contributed by atoms with Crippen LogP contribution in [0.15, 0.2) is 66.3 Å². The molecule has 0 aliphatic carbocycles. The van der Waals surface area contributed by atoms with E-state index in [0.29, 0.717) is 34.5 Å². The van der Waals surface area contributed by atoms with Gasteiger partial charge in [-0.15, -0.1) is 16.8 Å². The van der Waals surface area contributed by atoms with Gasteiger partial charge >= 0.3 is 0 Å². The normalized spacial score (nSPS) is 10.5. The minimum Gasteiger partial charge on any atom is -0.486 e. The molecule has 31 heavy (non-hydrogen) atoms. The number of nitrogens with one attached hydrogen (secondary N) is 1. The number of halogens is 1. The number of aromatic nitrogens is 3. The van der Waals surface area contributed by atoms with Crippen LogP contribution >= 0.6 is 11.8 Å². The van der Waals surface area contributed by atoms with Crippen molar-refractivity contribution < 1.29 is 18.7 Å². The number of allylic oxidation sites excluding steroid dienone is 1. The second-order valence-corrected chi connectivity index (χ2v) is 7.46. The Bertz CT molecular complexity index is 1080. The molecule has 7 nitrogen and oxygen atoms in total. The van der Waals surface area contributed by atoms with Gasteiger partial charge in [-0.3, -0.25) is 14.2 Å². The summed E-state index contributed by atoms with van der Waals surface area (Å²) in [6.45, 7) is 5.80. The molecule has 0 spiro atoms. The average Bonchev–Trinajstić information content (AvgIpc) is 3.14. The predicted molar refractivity (Wildman–Crippen MR) is 117 cm³/mol. The predicted octanol–water partition coefficient (Wildman–Crippen LogP) is 4.12. The van der Waals surface area contributed by atoms with Gasteiger partial charge in [-0.1, -0.05) is 30.0 Å². The lowest BCUT2D eigenvalue weighted by molar-refractivity contribution is -0.113. The van der Waals surface area contributed by atoms with Crippen LogP contribution in [-0.4, -0.2) is 32.2 Å². The Balaban J connectivity index is 1.61. The molecule has 0 bridgehead atoms. The van der Waals surface area contributed by atoms with E-state index < -0.39 is 0 Å². The lowest BCUT2D eigenvalue weighted by Gasteiger charge is -2.09. The van der Waals surface area contributed by atoms with Gasteiger partial charge in [0.05, 0.1) is 5.75 Å². The van der Waals surface area contributed by atoms with E-state index in [1.54, 1.807) is 34.9 Å². The zero-order valence-corrected chi connectivity index (χ0v) is 17.7. The van der Waals surface area contributed by atoms with Gasteiger partial charge < -0.3 is 10.1 Å². The number of Topliss-reactive ketones (excluding diaryl/α,β-unsaturated/α-hetero) is 1. The summed E-state index contributed by atoms with van der Waals surface area (Å²) < 4.78 is 20.5. The van der Waals surface area contributed by atoms with Gasteiger partial charge in [0.1, 0.15) is 18.2 Å². The summed E-state index contributed by atoms with van der Waals surface area (Å²) in [6, 6.07) is 12.5. The maximum absolute atomic E-state index is 13.0. The van der Waals surface area contributed by atoms with Gasteiger partial charge in [-0.2, -0.15) is 0 Å². The third-order valence-electron chi connectivity index (χ3n) is 4.17. The number of benzene rings is 2. The standard InChI is InChI=1S/C22H21FN4O3S/c1-3-11-27-20(13-30-19-9-7-17(23)8-10-19)25-26-22(27)31-14-21(29)24-18-6-4-5-16(12-18)15(2)28/h3-10,12H,1,11,13-14H2,2H3,(H,24,29). The largest absolute Gasteiger partial charge is 0.486 e. The summed E-state index contributed by atoms with van der Waals surface area (Å²) in [6.07, 6.45) is 1.70. The van der Waals surface area contributed by atoms with Crippen molar-refractivity contribution in [1.29, 1.82) is 0 Å². The molecule has 9 heteroatoms. The molecule has 160 valence electrons. The quantitative estimate of drug-likeness (QED) is 0.290. The molecule has 1 aromatic heterocycles. The van der Waals surface area contributed by atoms with Crippen LogP contribution < -0.4 is 10.1 Å². The van der Waals surface area contributed by atoms with Crippen molar-refractivity contribution in [3.8, 4) is 5.75 Å². The molecule has 0 radical (unpaired) electrons. The van der Waals surface area contributed by atoms with Gasteiger partial charge in [-0.05, 0) is 43.3 Å². The summed E-state index contributed by atoms with van der Waals surface area (Å²) in [5.74, 6) is 0.531. The SMILES string of the molecule is C=CCn1c(COc2ccc(F)cc2)nnc1SCC(=O)Nc1cccc(C(C)=O)c1. The molecule has 0 fully saturated rings. The van der Waals surface area contributed by atoms with Crippen LogP contribution in [0.4, 0.5) is 10.1 Å². The molecule has 3 rings (SSSR count). The molecular formula is C22H21FN4O3S. The molecule has 0 aliphatic heterocycles. The average molecular weight is 441 g/mol. The number of ether oxygens (including phenoxy) is 1. The van der Waals surface area contributed by atoms with E-state index in [9.17, 15) is 14.0 Å². The number of hydrogen-bond donors (Lipinski definition) is 1. The van der Waals surface area contributed by atoms with Crippen LogP contribution in [0.3, 0.4) is 0 Å². The van der Waals surface area contributed by atoms with Gasteiger partial charge in [0.2, 0.25) is 5.91 Å². The number of carbonyl (C=O) groups is 2. The van der Waals surface area contributed by atoms with E-state index in [1.807, 2.05) is 0 Å². The highest BCUT2D eigenvalue weighted by molar-refractivity contribution is 7.99. The fourth-order valence-electron chi connectivity index (χ4n) is 2.67. The van der Waals surface area contributed by atoms with Crippen molar-refractivity contribution in [1.82, 2.24) is 14.8 Å². The summed E-state index contributed by atoms with van der Waals surface area (Å²) in [4.78, 5) is 23.8. The topological polar surface area (TPSA) is 86.1 Å². The van der Waals surface area contributed by atoms with Crippen molar-refractivity contribution >= 4 is 29.1 Å². The molecule has 0 unspecified atom stereocenters. The van der Waals surface area contributed by atoms with Crippen LogP contribution in [0.25, 0.3) is 0 Å². The first-order chi connectivity index (χ1) is 15.0. The molecule has 1 heterocycles. The van der Waals surface area contributed by atoms with Crippen LogP contribution in [0.2, 0.25) is 0 Å². The maximum atomic E-state index is 13.0. The lowest BCUT2D eigenvalue weighted by atomic mass is 10.1. The number of amides is 1. The Morgan fingerprint density at radius 3 is 2.71 bits per heavy atom. The number of rotatable bonds is 10. The summed E-state index contributed by atoms with van der Waals surface area (Å²) >= 11 is 1.23. The Morgan fingerprint density at radius 2 is 2.00 bits per heavy atom. The fraction of sp³-hybridized carbons (Fsp3) is 0.182. The number of thioether (sulfide) groups is 1. The number of carbonyl (C=O) groups excluding carboxylic acids is 2. The minimum absolute atomic E-state index is 0.0709. The molecule has 2 aromatic carbocycles. The zero-order valence-electron chi connectivity index (χ0n) is 16.9. The first kappa shape index (κ1) is 22.2. The molecule has 3 aromatic rings. The van der Waals surface area contributed by atoms with Crippen molar-refractivity contribution in [2.45, 2.75) is 25.2 Å². The van der Waals surface area contributed by atoms with Gasteiger partial charge in [0, 0.05) is 17.8 Å². The van der Waals surface area contributed by atoms with Gasteiger partial charge in [0.25, 0.3) is 0 Å². The second-order valence-electron chi connectivity index (χ2n) is 6.51. The number of nitrogens with zero attached hydrogens (tertiary/aromatic N) is 3. The third kappa shape index (κ3) is 6.26. The summed E-state index contributed by atoms with van der Waals surface area (Å²) in [7, 11) is 0. The molecule has 1 N–H and O–H groups in total. The Labute approximate surface area is 183 Å². The fourth-order valence-corrected chi connectivity index (χ4v) is 3.43. The van der Waals surface area contributed by atoms with Crippen LogP contribution in [-0.2, 0) is 17.9 Å². The van der Waals surface area contributed by atoms with Gasteiger partial charge in [-0.25, -0.2) is 4.39 Å². The summed E-state index contributed by atoms with van der Waals surface area (Å²) in [5, 5.41) is 11.6. The Morgan fingerprint density at radius 1 is 1.23 bits per heavy atom. The number of hydrogen-bond acceptors (Lipinski definition) is 6. The van der Waals surface area contributed by atoms with E-state index in [-0.39, 0.29) is 29.9 Å². The minimum atomic E-state index is -0.341. The van der Waals surface area contributed by atoms with Crippen molar-refractivity contribution in [2.75, 3.05) is 11.1 Å². The van der Waals surface area contributed by atoms with Crippen LogP contribution in [0.5, 0.6) is 5.75 Å². The van der Waals surface area contributed by atoms with E-state index in [4.69, 9.17) is 4.74 Å². The first-order valence-electron chi connectivity index (χ1n) is 9.41. The molecule has 0 aliphatic rings. The highest BCUT2D eigenvalue weighted by Crippen LogP contribution is 2.20. The molecule has 0 atom stereocenters. The van der Waals surface area contributed by atoms with E-state index in [1.165, 1.54) is 43.0 Å². The summed E-state index contributed by atoms with van der Waals surface area (Å²) in [5.41, 5.74) is 1.08. The highest BCUT2D eigenvalue weighted by Gasteiger charge is 2.14. The molecular weight excluding hydrogens is 419 g/mol.